The Morgan fingerprint density at radius 3 is 1.88 bits per heavy atom. The second-order valence-electron chi connectivity index (χ2n) is 0.904. The molecule has 3 nitrogen and oxygen atoms in total. The number of aliphatic carboxylic acids is 1. The van der Waals surface area contributed by atoms with Gasteiger partial charge in [-0.25, -0.2) is 0 Å². The number of rotatable bonds is 2. The molecule has 0 aliphatic rings. The van der Waals surface area contributed by atoms with Crippen LogP contribution in [0.4, 0.5) is 0 Å². The van der Waals surface area contributed by atoms with Crippen LogP contribution in [0.25, 0.3) is 0 Å². The number of carbonyl (C=O) groups is 2. The van der Waals surface area contributed by atoms with Gasteiger partial charge < -0.3 is 9.90 Å². The number of carboxylic acids is 1. The van der Waals surface area contributed by atoms with Gasteiger partial charge in [-0.05, 0) is 11.6 Å². The molecule has 0 aliphatic carbocycles. The van der Waals surface area contributed by atoms with Gasteiger partial charge in [0.2, 0.25) is 5.24 Å². The summed E-state index contributed by atoms with van der Waals surface area (Å²) in [6.45, 7) is 0. The molecule has 0 spiro atoms. The summed E-state index contributed by atoms with van der Waals surface area (Å²) in [4.78, 5) is 19.0. The van der Waals surface area contributed by atoms with E-state index in [2.05, 4.69) is 11.6 Å². The first-order chi connectivity index (χ1) is 3.13. The van der Waals surface area contributed by atoms with Gasteiger partial charge in [0.1, 0.15) is 0 Å². The van der Waals surface area contributed by atoms with E-state index in [1.165, 1.54) is 0 Å². The van der Waals surface area contributed by atoms with Crippen LogP contribution in [-0.4, -0.2) is 11.2 Å². The summed E-state index contributed by atoms with van der Waals surface area (Å²) in [5.41, 5.74) is 0. The van der Waals surface area contributed by atoms with Crippen LogP contribution in [0.3, 0.4) is 0 Å². The van der Waals surface area contributed by atoms with E-state index in [0.717, 1.165) is 0 Å². The molecule has 0 fully saturated rings. The first-order valence-corrected chi connectivity index (χ1v) is 1.89. The predicted octanol–water partition coefficient (Wildman–Crippen LogP) is -4.10. The molecule has 0 aromatic heterocycles. The predicted molar refractivity (Wildman–Crippen MR) is 20.5 cm³/mol. The van der Waals surface area contributed by atoms with Crippen molar-refractivity contribution in [1.82, 2.24) is 0 Å². The maximum atomic E-state index is 9.60. The Bertz CT molecular complexity index is 90.7. The van der Waals surface area contributed by atoms with Crippen LogP contribution in [-0.2, 0) is 9.59 Å². The number of halogens is 1. The maximum absolute atomic E-state index is 9.60. The number of hydrogen-bond donors (Lipinski definition) is 0. The van der Waals surface area contributed by atoms with E-state index >= 15 is 0 Å². The molecule has 0 atom stereocenters. The maximum Gasteiger partial charge on any atom is 1.00 e. The normalized spacial score (nSPS) is 7.12. The third kappa shape index (κ3) is 10.1. The van der Waals surface area contributed by atoms with Crippen LogP contribution < -0.4 is 56.5 Å². The third-order valence-electron chi connectivity index (χ3n) is 0.283. The van der Waals surface area contributed by atoms with E-state index in [9.17, 15) is 14.7 Å². The van der Waals surface area contributed by atoms with E-state index in [1.807, 2.05) is 0 Å². The van der Waals surface area contributed by atoms with Gasteiger partial charge in [0, 0.05) is 0 Å². The smallest absolute Gasteiger partial charge is 0.550 e. The molecule has 0 saturated heterocycles. The molecular formula is C3H2ClKO3. The van der Waals surface area contributed by atoms with Crippen molar-refractivity contribution in [2.75, 3.05) is 0 Å². The Morgan fingerprint density at radius 2 is 1.88 bits per heavy atom. The van der Waals surface area contributed by atoms with Gasteiger partial charge in [-0.3, -0.25) is 4.79 Å². The molecule has 0 unspecified atom stereocenters. The van der Waals surface area contributed by atoms with Crippen molar-refractivity contribution < 1.29 is 66.1 Å². The van der Waals surface area contributed by atoms with Crippen LogP contribution in [0.1, 0.15) is 6.42 Å². The minimum absolute atomic E-state index is 0. The molecular weight excluding hydrogens is 159 g/mol. The van der Waals surface area contributed by atoms with Crippen LogP contribution in [0.2, 0.25) is 0 Å². The van der Waals surface area contributed by atoms with E-state index in [-0.39, 0.29) is 51.4 Å². The summed E-state index contributed by atoms with van der Waals surface area (Å²) < 4.78 is 0. The Balaban J connectivity index is 0. The molecule has 0 N–H and O–H groups in total. The summed E-state index contributed by atoms with van der Waals surface area (Å²) in [5.74, 6) is -1.44. The molecule has 0 radical (unpaired) electrons. The summed E-state index contributed by atoms with van der Waals surface area (Å²) >= 11 is 4.61. The first-order valence-electron chi connectivity index (χ1n) is 1.51. The topological polar surface area (TPSA) is 57.2 Å². The van der Waals surface area contributed by atoms with Gasteiger partial charge in [-0.2, -0.15) is 0 Å². The summed E-state index contributed by atoms with van der Waals surface area (Å²) in [7, 11) is 0. The second-order valence-corrected chi connectivity index (χ2v) is 1.33. The molecule has 0 bridgehead atoms. The molecule has 0 aromatic rings. The molecule has 40 valence electrons. The Morgan fingerprint density at radius 1 is 1.50 bits per heavy atom. The van der Waals surface area contributed by atoms with Gasteiger partial charge >= 0.3 is 51.4 Å². The molecule has 0 rings (SSSR count). The van der Waals surface area contributed by atoms with Crippen molar-refractivity contribution in [1.29, 1.82) is 0 Å². The zero-order valence-electron chi connectivity index (χ0n) is 4.31. The second kappa shape index (κ2) is 6.19. The van der Waals surface area contributed by atoms with Gasteiger partial charge in [0.05, 0.1) is 12.4 Å². The standard InChI is InChI=1S/C3H3ClO3.K/c4-2(5)1-3(6)7;/h1H2,(H,6,7);/q;+1/p-1. The SMILES string of the molecule is O=C([O-])CC(=O)Cl.[K+]. The van der Waals surface area contributed by atoms with Gasteiger partial charge in [0.15, 0.2) is 0 Å². The monoisotopic (exact) mass is 160 g/mol. The van der Waals surface area contributed by atoms with E-state index in [4.69, 9.17) is 0 Å². The van der Waals surface area contributed by atoms with Crippen molar-refractivity contribution in [2.24, 2.45) is 0 Å². The minimum atomic E-state index is -1.44. The number of carboxylic acid groups (broad SMARTS) is 1. The van der Waals surface area contributed by atoms with Crippen LogP contribution >= 0.6 is 11.6 Å². The molecule has 0 saturated carbocycles. The van der Waals surface area contributed by atoms with Crippen molar-refractivity contribution in [3.63, 3.8) is 0 Å². The van der Waals surface area contributed by atoms with Crippen molar-refractivity contribution in [2.45, 2.75) is 6.42 Å². The number of hydrogen-bond acceptors (Lipinski definition) is 3. The van der Waals surface area contributed by atoms with Gasteiger partial charge in [-0.15, -0.1) is 0 Å². The average Bonchev–Trinajstić information content (AvgIpc) is 1.27. The fourth-order valence-corrected chi connectivity index (χ4v) is 0.223. The fraction of sp³-hybridized carbons (Fsp3) is 0.333. The number of carbonyl (C=O) groups excluding carboxylic acids is 2. The average molecular weight is 161 g/mol. The van der Waals surface area contributed by atoms with Crippen molar-refractivity contribution in [3.05, 3.63) is 0 Å². The molecule has 8 heavy (non-hydrogen) atoms. The molecule has 0 heterocycles. The molecule has 0 aliphatic heterocycles. The van der Waals surface area contributed by atoms with E-state index in [0.29, 0.717) is 0 Å². The van der Waals surface area contributed by atoms with Crippen molar-refractivity contribution >= 4 is 22.8 Å². The summed E-state index contributed by atoms with van der Waals surface area (Å²) in [5, 5.41) is 8.49. The van der Waals surface area contributed by atoms with Gasteiger partial charge in [0.25, 0.3) is 0 Å². The Hall–Kier alpha value is 1.07. The summed E-state index contributed by atoms with van der Waals surface area (Å²) in [6.07, 6.45) is -0.707. The van der Waals surface area contributed by atoms with E-state index < -0.39 is 17.6 Å². The third-order valence-corrected chi connectivity index (χ3v) is 0.417. The van der Waals surface area contributed by atoms with Gasteiger partial charge in [-0.1, -0.05) is 0 Å². The van der Waals surface area contributed by atoms with Crippen LogP contribution in [0.15, 0.2) is 0 Å². The minimum Gasteiger partial charge on any atom is -0.550 e. The largest absolute Gasteiger partial charge is 1.00 e. The first kappa shape index (κ1) is 11.8. The van der Waals surface area contributed by atoms with Crippen molar-refractivity contribution in [3.8, 4) is 0 Å². The quantitative estimate of drug-likeness (QED) is 0.234. The Kier molecular flexibility index (Phi) is 9.14. The summed E-state index contributed by atoms with van der Waals surface area (Å²) in [6, 6.07) is 0. The molecule has 5 heteroatoms. The zero-order chi connectivity index (χ0) is 5.86. The van der Waals surface area contributed by atoms with E-state index in [1.54, 1.807) is 0 Å². The molecule has 0 aromatic carbocycles. The Labute approximate surface area is 93.8 Å². The molecule has 0 amide bonds. The van der Waals surface area contributed by atoms with Crippen LogP contribution in [0, 0.1) is 0 Å². The van der Waals surface area contributed by atoms with Crippen LogP contribution in [0.5, 0.6) is 0 Å². The zero-order valence-corrected chi connectivity index (χ0v) is 8.19. The fourth-order valence-electron chi connectivity index (χ4n) is 0.113.